The third-order valence-electron chi connectivity index (χ3n) is 5.92. The van der Waals surface area contributed by atoms with Crippen molar-refractivity contribution in [3.63, 3.8) is 0 Å². The predicted molar refractivity (Wildman–Crippen MR) is 135 cm³/mol. The van der Waals surface area contributed by atoms with E-state index in [9.17, 15) is 4.79 Å². The molecule has 0 bridgehead atoms. The van der Waals surface area contributed by atoms with E-state index in [0.717, 1.165) is 36.1 Å². The summed E-state index contributed by atoms with van der Waals surface area (Å²) in [6.45, 7) is 4.24. The molecular weight excluding hydrogens is 545 g/mol. The fourth-order valence-electron chi connectivity index (χ4n) is 3.82. The molecule has 1 amide bonds. The van der Waals surface area contributed by atoms with E-state index in [-0.39, 0.29) is 0 Å². The summed E-state index contributed by atoms with van der Waals surface area (Å²) in [4.78, 5) is 25.5. The average Bonchev–Trinajstić information content (AvgIpc) is 3.57. The minimum Gasteiger partial charge on any atom is -0.379 e. The van der Waals surface area contributed by atoms with E-state index in [4.69, 9.17) is 32.8 Å². The third kappa shape index (κ3) is 5.35. The molecule has 2 aliphatic rings. The summed E-state index contributed by atoms with van der Waals surface area (Å²) >= 11 is 16.7. The number of halogens is 3. The number of nitrogens with one attached hydrogen (secondary N) is 2. The molecule has 8 nitrogen and oxygen atoms in total. The van der Waals surface area contributed by atoms with Crippen molar-refractivity contribution in [3.05, 3.63) is 56.4 Å². The van der Waals surface area contributed by atoms with Crippen LogP contribution in [0.5, 0.6) is 0 Å². The van der Waals surface area contributed by atoms with Crippen molar-refractivity contribution in [1.82, 2.24) is 19.8 Å². The Labute approximate surface area is 215 Å². The molecule has 2 fully saturated rings. The molecule has 3 aromatic rings. The fourth-order valence-corrected chi connectivity index (χ4v) is 4.83. The number of benzene rings is 1. The van der Waals surface area contributed by atoms with Gasteiger partial charge in [0.15, 0.2) is 5.65 Å². The van der Waals surface area contributed by atoms with Crippen LogP contribution in [0.25, 0.3) is 5.65 Å². The van der Waals surface area contributed by atoms with E-state index in [1.54, 1.807) is 18.5 Å². The van der Waals surface area contributed by atoms with Gasteiger partial charge in [-0.1, -0.05) is 39.1 Å². The second-order valence-electron chi connectivity index (χ2n) is 8.50. The van der Waals surface area contributed by atoms with Crippen molar-refractivity contribution in [3.8, 4) is 0 Å². The van der Waals surface area contributed by atoms with Crippen molar-refractivity contribution in [2.24, 2.45) is 5.92 Å². The molecule has 34 heavy (non-hydrogen) atoms. The lowest BCUT2D eigenvalue weighted by molar-refractivity contribution is 0.0270. The smallest absolute Gasteiger partial charge is 0.278 e. The lowest BCUT2D eigenvalue weighted by atomic mass is 10.2. The normalized spacial score (nSPS) is 16.7. The standard InChI is InChI=1S/C23H24BrCl2N5O3/c24-15-3-4-19(18(25)9-15)28-21-17(23(32)29-34-13-14-1-2-14)12-31-16(10-27-22(31)20(21)26)11-30-5-7-33-8-6-30/h3-4,9-10,12,14,28H,1-2,5-8,11,13H2,(H,29,32). The molecule has 0 radical (unpaired) electrons. The number of pyridine rings is 1. The monoisotopic (exact) mass is 567 g/mol. The Balaban J connectivity index is 1.50. The fraction of sp³-hybridized carbons (Fsp3) is 0.391. The molecule has 5 rings (SSSR count). The van der Waals surface area contributed by atoms with Crippen molar-refractivity contribution in [2.75, 3.05) is 38.2 Å². The van der Waals surface area contributed by atoms with Gasteiger partial charge in [0.2, 0.25) is 0 Å². The predicted octanol–water partition coefficient (Wildman–Crippen LogP) is 5.05. The summed E-state index contributed by atoms with van der Waals surface area (Å²) in [5.41, 5.74) is 5.40. The molecule has 11 heteroatoms. The molecule has 1 saturated carbocycles. The minimum atomic E-state index is -0.397. The van der Waals surface area contributed by atoms with Crippen LogP contribution >= 0.6 is 39.1 Å². The van der Waals surface area contributed by atoms with Gasteiger partial charge in [0.1, 0.15) is 5.02 Å². The van der Waals surface area contributed by atoms with Crippen molar-refractivity contribution in [2.45, 2.75) is 19.4 Å². The summed E-state index contributed by atoms with van der Waals surface area (Å²) in [5, 5.41) is 4.04. The number of carbonyl (C=O) groups excluding carboxylic acids is 1. The summed E-state index contributed by atoms with van der Waals surface area (Å²) in [7, 11) is 0. The Kier molecular flexibility index (Phi) is 7.29. The zero-order valence-corrected chi connectivity index (χ0v) is 21.4. The number of nitrogens with zero attached hydrogens (tertiary/aromatic N) is 3. The number of morpholine rings is 1. The molecule has 0 unspecified atom stereocenters. The van der Waals surface area contributed by atoms with Crippen LogP contribution in [-0.2, 0) is 16.1 Å². The van der Waals surface area contributed by atoms with Crippen LogP contribution in [0.2, 0.25) is 10.0 Å². The third-order valence-corrected chi connectivity index (χ3v) is 7.09. The Morgan fingerprint density at radius 3 is 2.79 bits per heavy atom. The molecule has 2 N–H and O–H groups in total. The van der Waals surface area contributed by atoms with Gasteiger partial charge in [-0.25, -0.2) is 10.5 Å². The molecule has 2 aromatic heterocycles. The van der Waals surface area contributed by atoms with E-state index in [0.29, 0.717) is 64.9 Å². The molecule has 1 saturated heterocycles. The lowest BCUT2D eigenvalue weighted by Crippen LogP contribution is -2.36. The number of anilines is 2. The van der Waals surface area contributed by atoms with Crippen LogP contribution in [0.1, 0.15) is 28.9 Å². The number of ether oxygens (including phenoxy) is 1. The summed E-state index contributed by atoms with van der Waals surface area (Å²) in [5.74, 6) is 0.116. The molecule has 180 valence electrons. The van der Waals surface area contributed by atoms with E-state index >= 15 is 0 Å². The zero-order chi connectivity index (χ0) is 23.7. The highest BCUT2D eigenvalue weighted by atomic mass is 79.9. The van der Waals surface area contributed by atoms with Gasteiger partial charge in [-0.3, -0.25) is 14.5 Å². The highest BCUT2D eigenvalue weighted by molar-refractivity contribution is 9.10. The first-order valence-electron chi connectivity index (χ1n) is 11.1. The minimum absolute atomic E-state index is 0.321. The van der Waals surface area contributed by atoms with Gasteiger partial charge < -0.3 is 14.5 Å². The van der Waals surface area contributed by atoms with Gasteiger partial charge in [-0.05, 0) is 37.0 Å². The van der Waals surface area contributed by atoms with Gasteiger partial charge in [-0.2, -0.15) is 0 Å². The maximum atomic E-state index is 13.2. The molecule has 3 heterocycles. The SMILES string of the molecule is O=C(NOCC1CC1)c1cn2c(CN3CCOCC3)cnc2c(Cl)c1Nc1ccc(Br)cc1Cl. The number of amides is 1. The number of hydrogen-bond acceptors (Lipinski definition) is 6. The molecule has 1 aliphatic carbocycles. The van der Waals surface area contributed by atoms with E-state index < -0.39 is 5.91 Å². The highest BCUT2D eigenvalue weighted by Gasteiger charge is 2.25. The number of fused-ring (bicyclic) bond motifs is 1. The number of imidazole rings is 1. The Bertz CT molecular complexity index is 1210. The van der Waals surface area contributed by atoms with E-state index in [1.165, 1.54) is 0 Å². The summed E-state index contributed by atoms with van der Waals surface area (Å²) in [6, 6.07) is 5.44. The van der Waals surface area contributed by atoms with Crippen LogP contribution in [-0.4, -0.2) is 53.1 Å². The van der Waals surface area contributed by atoms with Gasteiger partial charge in [0.25, 0.3) is 5.91 Å². The molecule has 0 atom stereocenters. The van der Waals surface area contributed by atoms with Crippen LogP contribution in [0.3, 0.4) is 0 Å². The highest BCUT2D eigenvalue weighted by Crippen LogP contribution is 2.36. The number of rotatable bonds is 8. The zero-order valence-electron chi connectivity index (χ0n) is 18.3. The number of hydrogen-bond donors (Lipinski definition) is 2. The molecule has 1 aromatic carbocycles. The van der Waals surface area contributed by atoms with Crippen LogP contribution < -0.4 is 10.8 Å². The van der Waals surface area contributed by atoms with Crippen molar-refractivity contribution in [1.29, 1.82) is 0 Å². The topological polar surface area (TPSA) is 80.1 Å². The average molecular weight is 569 g/mol. The van der Waals surface area contributed by atoms with Gasteiger partial charge in [0, 0.05) is 30.3 Å². The van der Waals surface area contributed by atoms with Gasteiger partial charge >= 0.3 is 0 Å². The van der Waals surface area contributed by atoms with Gasteiger partial charge in [0.05, 0.1) is 53.7 Å². The van der Waals surface area contributed by atoms with Crippen LogP contribution in [0.15, 0.2) is 35.1 Å². The largest absolute Gasteiger partial charge is 0.379 e. The number of carbonyl (C=O) groups is 1. The Morgan fingerprint density at radius 1 is 1.26 bits per heavy atom. The van der Waals surface area contributed by atoms with Crippen molar-refractivity contribution < 1.29 is 14.4 Å². The molecule has 1 aliphatic heterocycles. The maximum absolute atomic E-state index is 13.2. The first-order valence-corrected chi connectivity index (χ1v) is 12.7. The second kappa shape index (κ2) is 10.4. The van der Waals surface area contributed by atoms with Crippen LogP contribution in [0.4, 0.5) is 11.4 Å². The molecular formula is C23H24BrCl2N5O3. The number of aromatic nitrogens is 2. The van der Waals surface area contributed by atoms with Crippen LogP contribution in [0, 0.1) is 5.92 Å². The molecule has 0 spiro atoms. The summed E-state index contributed by atoms with van der Waals surface area (Å²) < 4.78 is 8.16. The maximum Gasteiger partial charge on any atom is 0.278 e. The van der Waals surface area contributed by atoms with E-state index in [1.807, 2.05) is 16.5 Å². The Hall–Kier alpha value is -1.88. The number of hydroxylamine groups is 1. The Morgan fingerprint density at radius 2 is 2.06 bits per heavy atom. The first-order chi connectivity index (χ1) is 16.5. The van der Waals surface area contributed by atoms with Gasteiger partial charge in [-0.15, -0.1) is 0 Å². The quantitative estimate of drug-likeness (QED) is 0.370. The van der Waals surface area contributed by atoms with Crippen molar-refractivity contribution >= 4 is 62.1 Å². The second-order valence-corrected chi connectivity index (χ2v) is 10.2. The lowest BCUT2D eigenvalue weighted by Gasteiger charge is -2.26. The van der Waals surface area contributed by atoms with E-state index in [2.05, 4.69) is 36.6 Å². The summed E-state index contributed by atoms with van der Waals surface area (Å²) in [6.07, 6.45) is 5.79. The first kappa shape index (κ1) is 23.8.